The molecule has 0 aliphatic carbocycles. The van der Waals surface area contributed by atoms with E-state index in [-0.39, 0.29) is 18.3 Å². The first-order valence-electron chi connectivity index (χ1n) is 12.0. The fourth-order valence-corrected chi connectivity index (χ4v) is 4.38. The number of likely N-dealkylation sites (tertiary alicyclic amines) is 1. The first-order chi connectivity index (χ1) is 17.8. The number of anilines is 2. The minimum absolute atomic E-state index is 0.174. The second-order valence-electron chi connectivity index (χ2n) is 9.05. The molecule has 2 heterocycles. The van der Waals surface area contributed by atoms with Gasteiger partial charge in [-0.05, 0) is 75.3 Å². The van der Waals surface area contributed by atoms with Crippen LogP contribution in [0.2, 0.25) is 0 Å². The summed E-state index contributed by atoms with van der Waals surface area (Å²) in [7, 11) is 3.58. The fourth-order valence-electron chi connectivity index (χ4n) is 4.38. The van der Waals surface area contributed by atoms with Crippen molar-refractivity contribution in [3.8, 4) is 17.6 Å². The number of nitrogens with one attached hydrogen (secondary N) is 3. The standard InChI is InChI=1S/C27H30F3N5O2/c1-34-13-10-20(11-14-34)32-33-23-6-3-7-25-22(23)16-21(35(25)18-27(28,29)30)5-4-12-31-24-9-8-19(17-36)15-26(24)37-2/h3,6-9,15-17,20,31-33H,10-14,18H2,1-2H3. The molecule has 0 saturated carbocycles. The molecule has 0 bridgehead atoms. The van der Waals surface area contributed by atoms with Crippen LogP contribution >= 0.6 is 0 Å². The normalized spacial score (nSPS) is 14.7. The Morgan fingerprint density at radius 3 is 2.62 bits per heavy atom. The third kappa shape index (κ3) is 6.76. The Kier molecular flexibility index (Phi) is 8.26. The second-order valence-corrected chi connectivity index (χ2v) is 9.05. The summed E-state index contributed by atoms with van der Waals surface area (Å²) in [6.07, 6.45) is -1.70. The van der Waals surface area contributed by atoms with E-state index in [2.05, 4.69) is 40.0 Å². The highest BCUT2D eigenvalue weighted by Crippen LogP contribution is 2.30. The Balaban J connectivity index is 1.55. The largest absolute Gasteiger partial charge is 0.495 e. The molecular formula is C27H30F3N5O2. The van der Waals surface area contributed by atoms with Crippen molar-refractivity contribution in [1.82, 2.24) is 14.9 Å². The molecule has 0 amide bonds. The van der Waals surface area contributed by atoms with Crippen LogP contribution < -0.4 is 20.9 Å². The number of carbonyl (C=O) groups is 1. The van der Waals surface area contributed by atoms with Crippen LogP contribution in [0.3, 0.4) is 0 Å². The molecule has 1 aliphatic rings. The molecule has 0 radical (unpaired) electrons. The third-order valence-electron chi connectivity index (χ3n) is 6.36. The first kappa shape index (κ1) is 26.4. The summed E-state index contributed by atoms with van der Waals surface area (Å²) in [6.45, 7) is 1.02. The Morgan fingerprint density at radius 1 is 1.14 bits per heavy atom. The van der Waals surface area contributed by atoms with Gasteiger partial charge in [0.2, 0.25) is 0 Å². The number of fused-ring (bicyclic) bond motifs is 1. The number of piperidine rings is 1. The summed E-state index contributed by atoms with van der Waals surface area (Å²) < 4.78 is 46.8. The Hall–Kier alpha value is -3.68. The minimum atomic E-state index is -4.40. The molecule has 1 aliphatic heterocycles. The highest BCUT2D eigenvalue weighted by atomic mass is 19.4. The average molecular weight is 514 g/mol. The number of halogens is 3. The predicted molar refractivity (Wildman–Crippen MR) is 139 cm³/mol. The molecule has 1 fully saturated rings. The van der Waals surface area contributed by atoms with Crippen LogP contribution in [0.5, 0.6) is 5.75 Å². The van der Waals surface area contributed by atoms with E-state index in [1.54, 1.807) is 36.4 Å². The molecule has 4 rings (SSSR count). The molecule has 1 saturated heterocycles. The number of hydrazine groups is 1. The topological polar surface area (TPSA) is 70.6 Å². The maximum Gasteiger partial charge on any atom is 0.406 e. The first-order valence-corrected chi connectivity index (χ1v) is 12.0. The van der Waals surface area contributed by atoms with Crippen molar-refractivity contribution in [2.45, 2.75) is 31.6 Å². The number of hydrogen-bond acceptors (Lipinski definition) is 6. The molecule has 196 valence electrons. The minimum Gasteiger partial charge on any atom is -0.495 e. The van der Waals surface area contributed by atoms with E-state index in [9.17, 15) is 18.0 Å². The number of aromatic nitrogens is 1. The van der Waals surface area contributed by atoms with Crippen molar-refractivity contribution < 1.29 is 22.7 Å². The van der Waals surface area contributed by atoms with Crippen molar-refractivity contribution in [3.05, 3.63) is 53.7 Å². The van der Waals surface area contributed by atoms with Crippen molar-refractivity contribution in [3.63, 3.8) is 0 Å². The maximum atomic E-state index is 13.5. The van der Waals surface area contributed by atoms with E-state index in [1.807, 2.05) is 6.07 Å². The van der Waals surface area contributed by atoms with Crippen LogP contribution in [0, 0.1) is 11.8 Å². The SMILES string of the molecule is COc1cc(C=O)ccc1NCC#Cc1cc2c(NNC3CCN(C)CC3)cccc2n1CC(F)(F)F. The van der Waals surface area contributed by atoms with E-state index in [0.717, 1.165) is 32.2 Å². The van der Waals surface area contributed by atoms with E-state index in [1.165, 1.54) is 11.7 Å². The summed E-state index contributed by atoms with van der Waals surface area (Å²) in [5.74, 6) is 6.28. The fraction of sp³-hybridized carbons (Fsp3) is 0.370. The number of hydrogen-bond donors (Lipinski definition) is 3. The molecule has 37 heavy (non-hydrogen) atoms. The van der Waals surface area contributed by atoms with Gasteiger partial charge in [-0.15, -0.1) is 0 Å². The summed E-state index contributed by atoms with van der Waals surface area (Å²) in [5.41, 5.74) is 9.09. The van der Waals surface area contributed by atoms with Crippen molar-refractivity contribution >= 4 is 28.6 Å². The molecule has 2 aromatic carbocycles. The monoisotopic (exact) mass is 513 g/mol. The summed E-state index contributed by atoms with van der Waals surface area (Å²) in [4.78, 5) is 13.2. The smallest absolute Gasteiger partial charge is 0.406 e. The quantitative estimate of drug-likeness (QED) is 0.234. The number of rotatable bonds is 8. The van der Waals surface area contributed by atoms with Crippen LogP contribution in [0.1, 0.15) is 28.9 Å². The van der Waals surface area contributed by atoms with Gasteiger partial charge >= 0.3 is 6.18 Å². The average Bonchev–Trinajstić information content (AvgIpc) is 3.22. The number of aldehydes is 1. The van der Waals surface area contributed by atoms with Gasteiger partial charge in [0.1, 0.15) is 18.6 Å². The molecule has 3 aromatic rings. The van der Waals surface area contributed by atoms with E-state index in [4.69, 9.17) is 4.74 Å². The number of carbonyl (C=O) groups excluding carboxylic acids is 1. The lowest BCUT2D eigenvalue weighted by Crippen LogP contribution is -2.43. The molecule has 0 atom stereocenters. The van der Waals surface area contributed by atoms with Crippen LogP contribution in [-0.4, -0.2) is 61.8 Å². The lowest BCUT2D eigenvalue weighted by atomic mass is 10.1. The van der Waals surface area contributed by atoms with Gasteiger partial charge in [0, 0.05) is 17.0 Å². The lowest BCUT2D eigenvalue weighted by Gasteiger charge is -2.30. The number of alkyl halides is 3. The highest BCUT2D eigenvalue weighted by molar-refractivity contribution is 5.93. The van der Waals surface area contributed by atoms with E-state index in [0.29, 0.717) is 33.6 Å². The Bertz CT molecular complexity index is 1300. The zero-order valence-electron chi connectivity index (χ0n) is 20.8. The molecule has 0 spiro atoms. The molecule has 0 unspecified atom stereocenters. The van der Waals surface area contributed by atoms with Gasteiger partial charge in [0.05, 0.1) is 36.2 Å². The zero-order valence-corrected chi connectivity index (χ0v) is 20.8. The van der Waals surface area contributed by atoms with E-state index < -0.39 is 12.7 Å². The van der Waals surface area contributed by atoms with Gasteiger partial charge in [0.25, 0.3) is 0 Å². The van der Waals surface area contributed by atoms with Gasteiger partial charge in [-0.3, -0.25) is 4.79 Å². The summed E-state index contributed by atoms with van der Waals surface area (Å²) in [5, 5.41) is 3.75. The van der Waals surface area contributed by atoms with Crippen molar-refractivity contribution in [2.75, 3.05) is 44.5 Å². The number of nitrogens with zero attached hydrogens (tertiary/aromatic N) is 2. The Morgan fingerprint density at radius 2 is 1.92 bits per heavy atom. The van der Waals surface area contributed by atoms with Gasteiger partial charge in [-0.25, -0.2) is 5.43 Å². The summed E-state index contributed by atoms with van der Waals surface area (Å²) in [6, 6.07) is 12.2. The van der Waals surface area contributed by atoms with Gasteiger partial charge in [-0.2, -0.15) is 13.2 Å². The second kappa shape index (κ2) is 11.6. The zero-order chi connectivity index (χ0) is 26.4. The van der Waals surface area contributed by atoms with Crippen molar-refractivity contribution in [2.24, 2.45) is 0 Å². The predicted octanol–water partition coefficient (Wildman–Crippen LogP) is 4.50. The van der Waals surface area contributed by atoms with Crippen LogP contribution in [0.25, 0.3) is 10.9 Å². The number of ether oxygens (including phenoxy) is 1. The lowest BCUT2D eigenvalue weighted by molar-refractivity contribution is -0.140. The number of benzene rings is 2. The molecule has 7 nitrogen and oxygen atoms in total. The molecule has 1 aromatic heterocycles. The molecular weight excluding hydrogens is 483 g/mol. The highest BCUT2D eigenvalue weighted by Gasteiger charge is 2.30. The van der Waals surface area contributed by atoms with Crippen LogP contribution in [0.15, 0.2) is 42.5 Å². The van der Waals surface area contributed by atoms with Crippen LogP contribution in [-0.2, 0) is 6.54 Å². The van der Waals surface area contributed by atoms with Gasteiger partial charge in [0.15, 0.2) is 0 Å². The third-order valence-corrected chi connectivity index (χ3v) is 6.36. The molecule has 10 heteroatoms. The molecule has 3 N–H and O–H groups in total. The number of methoxy groups -OCH3 is 1. The van der Waals surface area contributed by atoms with E-state index >= 15 is 0 Å². The van der Waals surface area contributed by atoms with Gasteiger partial charge < -0.3 is 24.9 Å². The Labute approximate surface area is 213 Å². The van der Waals surface area contributed by atoms with Gasteiger partial charge in [-0.1, -0.05) is 12.0 Å². The van der Waals surface area contributed by atoms with Crippen molar-refractivity contribution in [1.29, 1.82) is 0 Å². The van der Waals surface area contributed by atoms with Crippen LogP contribution in [0.4, 0.5) is 24.5 Å². The summed E-state index contributed by atoms with van der Waals surface area (Å²) >= 11 is 0. The maximum absolute atomic E-state index is 13.5.